The van der Waals surface area contributed by atoms with Crippen molar-refractivity contribution >= 4 is 23.8 Å². The van der Waals surface area contributed by atoms with Crippen molar-refractivity contribution in [2.45, 2.75) is 20.3 Å². The molecule has 1 aliphatic rings. The minimum Gasteiger partial charge on any atom is -0.303 e. The number of hydrogen-bond donors (Lipinski definition) is 0. The number of rotatable bonds is 3. The number of aldehydes is 1. The molecule has 18 heavy (non-hydrogen) atoms. The van der Waals surface area contributed by atoms with Crippen LogP contribution < -0.4 is 4.90 Å². The summed E-state index contributed by atoms with van der Waals surface area (Å²) >= 11 is 0. The molecule has 1 aromatic rings. The monoisotopic (exact) mass is 245 g/mol. The number of para-hydroxylation sites is 1. The fourth-order valence-corrected chi connectivity index (χ4v) is 2.14. The lowest BCUT2D eigenvalue weighted by molar-refractivity contribution is -0.129. The topological polar surface area (TPSA) is 54.5 Å². The third-order valence-corrected chi connectivity index (χ3v) is 3.36. The van der Waals surface area contributed by atoms with E-state index in [4.69, 9.17) is 0 Å². The molecule has 0 N–H and O–H groups in total. The summed E-state index contributed by atoms with van der Waals surface area (Å²) in [6.07, 6.45) is 0.844. The molecule has 0 spiro atoms. The van der Waals surface area contributed by atoms with Crippen LogP contribution in [0.5, 0.6) is 0 Å². The quantitative estimate of drug-likeness (QED) is 0.602. The summed E-state index contributed by atoms with van der Waals surface area (Å²) in [6.45, 7) is 3.37. The van der Waals surface area contributed by atoms with E-state index in [0.717, 1.165) is 6.29 Å². The molecule has 0 aliphatic carbocycles. The molecule has 1 aromatic carbocycles. The van der Waals surface area contributed by atoms with Gasteiger partial charge in [-0.15, -0.1) is 0 Å². The molecule has 4 heteroatoms. The van der Waals surface area contributed by atoms with Crippen LogP contribution in [0.4, 0.5) is 5.69 Å². The molecule has 2 rings (SSSR count). The Kier molecular flexibility index (Phi) is 3.03. The average Bonchev–Trinajstić information content (AvgIpc) is 2.67. The number of anilines is 1. The predicted molar refractivity (Wildman–Crippen MR) is 66.9 cm³/mol. The van der Waals surface area contributed by atoms with Gasteiger partial charge in [0.15, 0.2) is 0 Å². The lowest BCUT2D eigenvalue weighted by atomic mass is 9.79. The zero-order valence-corrected chi connectivity index (χ0v) is 10.4. The van der Waals surface area contributed by atoms with Gasteiger partial charge < -0.3 is 4.79 Å². The van der Waals surface area contributed by atoms with E-state index in [1.54, 1.807) is 38.1 Å². The minimum absolute atomic E-state index is 0.0967. The molecule has 1 atom stereocenters. The first-order valence-electron chi connectivity index (χ1n) is 5.85. The maximum atomic E-state index is 12.3. The van der Waals surface area contributed by atoms with Gasteiger partial charge in [-0.25, -0.2) is 0 Å². The zero-order valence-electron chi connectivity index (χ0n) is 10.4. The largest absolute Gasteiger partial charge is 0.303 e. The second kappa shape index (κ2) is 4.37. The normalized spacial score (nSPS) is 20.3. The van der Waals surface area contributed by atoms with Crippen LogP contribution in [-0.2, 0) is 14.4 Å². The van der Waals surface area contributed by atoms with E-state index in [2.05, 4.69) is 0 Å². The van der Waals surface area contributed by atoms with Gasteiger partial charge in [-0.2, -0.15) is 0 Å². The summed E-state index contributed by atoms with van der Waals surface area (Å²) in [5.41, 5.74) is -0.243. The molecule has 2 amide bonds. The first-order valence-corrected chi connectivity index (χ1v) is 5.85. The number of carbonyl (C=O) groups is 3. The van der Waals surface area contributed by atoms with Crippen molar-refractivity contribution in [2.75, 3.05) is 4.90 Å². The highest BCUT2D eigenvalue weighted by molar-refractivity contribution is 6.21. The van der Waals surface area contributed by atoms with Gasteiger partial charge in [0.25, 0.3) is 0 Å². The Hall–Kier alpha value is -1.97. The molecule has 1 unspecified atom stereocenters. The summed E-state index contributed by atoms with van der Waals surface area (Å²) in [4.78, 5) is 36.4. The third-order valence-electron chi connectivity index (χ3n) is 3.36. The first kappa shape index (κ1) is 12.5. The third kappa shape index (κ3) is 1.94. The molecular weight excluding hydrogens is 230 g/mol. The van der Waals surface area contributed by atoms with E-state index in [-0.39, 0.29) is 18.2 Å². The molecule has 1 heterocycles. The molecule has 1 aliphatic heterocycles. The molecule has 94 valence electrons. The lowest BCUT2D eigenvalue weighted by Crippen LogP contribution is -2.35. The molecule has 1 saturated heterocycles. The Labute approximate surface area is 106 Å². The van der Waals surface area contributed by atoms with Crippen LogP contribution in [0.3, 0.4) is 0 Å². The second-order valence-corrected chi connectivity index (χ2v) is 5.10. The van der Waals surface area contributed by atoms with Gasteiger partial charge in [0.1, 0.15) is 6.29 Å². The van der Waals surface area contributed by atoms with E-state index >= 15 is 0 Å². The van der Waals surface area contributed by atoms with Crippen molar-refractivity contribution in [1.29, 1.82) is 0 Å². The highest BCUT2D eigenvalue weighted by atomic mass is 16.2. The maximum Gasteiger partial charge on any atom is 0.238 e. The van der Waals surface area contributed by atoms with Crippen LogP contribution in [0.15, 0.2) is 30.3 Å². The average molecular weight is 245 g/mol. The van der Waals surface area contributed by atoms with Crippen molar-refractivity contribution < 1.29 is 14.4 Å². The highest BCUT2D eigenvalue weighted by Gasteiger charge is 2.47. The van der Waals surface area contributed by atoms with E-state index in [0.29, 0.717) is 5.69 Å². The van der Waals surface area contributed by atoms with Gasteiger partial charge in [0, 0.05) is 11.8 Å². The van der Waals surface area contributed by atoms with Crippen LogP contribution >= 0.6 is 0 Å². The van der Waals surface area contributed by atoms with Gasteiger partial charge in [0.05, 0.1) is 11.6 Å². The Morgan fingerprint density at radius 1 is 1.22 bits per heavy atom. The fraction of sp³-hybridized carbons (Fsp3) is 0.357. The van der Waals surface area contributed by atoms with E-state index in [9.17, 15) is 14.4 Å². The Morgan fingerprint density at radius 2 is 1.83 bits per heavy atom. The summed E-state index contributed by atoms with van der Waals surface area (Å²) < 4.78 is 0. The smallest absolute Gasteiger partial charge is 0.238 e. The molecule has 0 aromatic heterocycles. The van der Waals surface area contributed by atoms with E-state index < -0.39 is 11.3 Å². The lowest BCUT2D eigenvalue weighted by Gasteiger charge is -2.23. The molecule has 0 bridgehead atoms. The van der Waals surface area contributed by atoms with Gasteiger partial charge in [-0.3, -0.25) is 14.5 Å². The van der Waals surface area contributed by atoms with E-state index in [1.165, 1.54) is 4.90 Å². The standard InChI is InChI=1S/C14H15NO3/c1-14(2,9-16)11-8-12(17)15(13(11)18)10-6-4-3-5-7-10/h3-7,9,11H,8H2,1-2H3. The Morgan fingerprint density at radius 3 is 2.39 bits per heavy atom. The van der Waals surface area contributed by atoms with Gasteiger partial charge >= 0.3 is 0 Å². The van der Waals surface area contributed by atoms with Crippen molar-refractivity contribution in [3.63, 3.8) is 0 Å². The highest BCUT2D eigenvalue weighted by Crippen LogP contribution is 2.36. The second-order valence-electron chi connectivity index (χ2n) is 5.10. The Balaban J connectivity index is 2.34. The molecular formula is C14H15NO3. The van der Waals surface area contributed by atoms with Crippen LogP contribution in [0.2, 0.25) is 0 Å². The van der Waals surface area contributed by atoms with E-state index in [1.807, 2.05) is 6.07 Å². The summed E-state index contributed by atoms with van der Waals surface area (Å²) in [6, 6.07) is 8.79. The number of hydrogen-bond acceptors (Lipinski definition) is 3. The van der Waals surface area contributed by atoms with Crippen LogP contribution in [-0.4, -0.2) is 18.1 Å². The fourth-order valence-electron chi connectivity index (χ4n) is 2.14. The van der Waals surface area contributed by atoms with Crippen molar-refractivity contribution in [1.82, 2.24) is 0 Å². The number of imide groups is 1. The zero-order chi connectivity index (χ0) is 13.3. The summed E-state index contributed by atoms with van der Waals surface area (Å²) in [5, 5.41) is 0. The maximum absolute atomic E-state index is 12.3. The summed E-state index contributed by atoms with van der Waals surface area (Å²) in [7, 11) is 0. The predicted octanol–water partition coefficient (Wildman–Crippen LogP) is 1.79. The van der Waals surface area contributed by atoms with Crippen molar-refractivity contribution in [3.8, 4) is 0 Å². The first-order chi connectivity index (χ1) is 8.47. The van der Waals surface area contributed by atoms with Gasteiger partial charge in [-0.1, -0.05) is 32.0 Å². The van der Waals surface area contributed by atoms with Gasteiger partial charge in [0.2, 0.25) is 11.8 Å². The molecule has 0 radical (unpaired) electrons. The number of amides is 2. The summed E-state index contributed by atoms with van der Waals surface area (Å²) in [5.74, 6) is -1.10. The van der Waals surface area contributed by atoms with Crippen LogP contribution in [0.25, 0.3) is 0 Å². The molecule has 1 fully saturated rings. The molecule has 0 saturated carbocycles. The molecule has 4 nitrogen and oxygen atoms in total. The van der Waals surface area contributed by atoms with Gasteiger partial charge in [-0.05, 0) is 12.1 Å². The number of nitrogens with zero attached hydrogens (tertiary/aromatic N) is 1. The van der Waals surface area contributed by atoms with Crippen LogP contribution in [0.1, 0.15) is 20.3 Å². The van der Waals surface area contributed by atoms with Crippen molar-refractivity contribution in [3.05, 3.63) is 30.3 Å². The van der Waals surface area contributed by atoms with Crippen LogP contribution in [0, 0.1) is 11.3 Å². The SMILES string of the molecule is CC(C)(C=O)C1CC(=O)N(c2ccccc2)C1=O. The minimum atomic E-state index is -0.809. The Bertz CT molecular complexity index is 493. The number of benzene rings is 1. The van der Waals surface area contributed by atoms with Crippen molar-refractivity contribution in [2.24, 2.45) is 11.3 Å². The number of carbonyl (C=O) groups excluding carboxylic acids is 3.